The maximum Gasteiger partial charge on any atom is 0.265 e. The van der Waals surface area contributed by atoms with Gasteiger partial charge in [-0.25, -0.2) is 62.0 Å². The molecule has 1 aliphatic heterocycles. The highest BCUT2D eigenvalue weighted by atomic mass is 32.2. The van der Waals surface area contributed by atoms with E-state index >= 15 is 0 Å². The number of nitrogens with zero attached hydrogens (tertiary/aromatic N) is 5. The Morgan fingerprint density at radius 1 is 0.486 bits per heavy atom. The number of halogens is 1. The Labute approximate surface area is 653 Å². The quantitative estimate of drug-likeness (QED) is 0.0310. The van der Waals surface area contributed by atoms with Gasteiger partial charge in [-0.05, 0) is 213 Å². The zero-order valence-corrected chi connectivity index (χ0v) is 69.6. The van der Waals surface area contributed by atoms with Crippen LogP contribution in [-0.4, -0.2) is 110 Å². The minimum absolute atomic E-state index is 0.0370. The standard InChI is InChI=1S/C27H34FN3O3S2.C26H34N4O5S3.C26H28N4O3S2/c1-17-10-9-13-21(28)24(17)31-36(32,33)23-16-19(14-15-22(23)34-5)25-18(2)29-26(35-25)30-27(3,4)20-11-7-6-8-12-20;1-18-24(36-25(27-18)28-26(2,3)20-9-7-6-8-10-20)19-11-12-22(35-4)23(17-19)38(33,34)29-21-13-15-30(16-14-21)37(5,31)32;1-17-16-27-14-13-21(17)30-35(31,32)23-15-19(11-12-22(23)33-5)24-18(2)28-25(34-24)29-26(3,4)20-9-7-6-8-10-20/h9-10,13-16,20,31H,6-8,11-12H2,1-5H3,(H,29,30);6-12,17,21,29H,13-16H2,1-5H3,(H,27,28);6-16H,1-5H3,(H,27,30)(H,28,29). The van der Waals surface area contributed by atoms with Crippen LogP contribution in [0.15, 0.2) is 167 Å². The van der Waals surface area contributed by atoms with Crippen molar-refractivity contribution in [2.45, 2.75) is 158 Å². The van der Waals surface area contributed by atoms with E-state index in [1.807, 2.05) is 75.4 Å². The molecule has 1 aliphatic carbocycles. The monoisotopic (exact) mass is 1620 g/mol. The second-order valence-electron chi connectivity index (χ2n) is 28.7. The van der Waals surface area contributed by atoms with Crippen molar-refractivity contribution in [3.8, 4) is 48.6 Å². The van der Waals surface area contributed by atoms with Gasteiger partial charge < -0.3 is 30.2 Å². The Morgan fingerprint density at radius 2 is 0.908 bits per heavy atom. The number of hydrogen-bond acceptors (Lipinski definition) is 21. The number of methoxy groups -OCH3 is 3. The summed E-state index contributed by atoms with van der Waals surface area (Å²) in [6.45, 7) is 22.6. The lowest BCUT2D eigenvalue weighted by atomic mass is 9.77. The first-order valence-corrected chi connectivity index (χ1v) is 44.3. The van der Waals surface area contributed by atoms with Crippen molar-refractivity contribution in [1.82, 2.24) is 29.0 Å². The molecular formula is C79H96FN11O11S7. The van der Waals surface area contributed by atoms with Gasteiger partial charge in [0.05, 0.1) is 81.8 Å². The second kappa shape index (κ2) is 34.4. The number of thiazole rings is 3. The summed E-state index contributed by atoms with van der Waals surface area (Å²) in [7, 11) is -11.0. The normalized spacial score (nSPS) is 14.3. The molecule has 582 valence electrons. The van der Waals surface area contributed by atoms with Gasteiger partial charge in [-0.3, -0.25) is 14.4 Å². The minimum atomic E-state index is -4.13. The third-order valence-corrected chi connectivity index (χ3v) is 28.4. The van der Waals surface area contributed by atoms with Gasteiger partial charge in [0.15, 0.2) is 15.4 Å². The molecule has 10 aromatic rings. The number of aryl methyl sites for hydroxylation is 5. The van der Waals surface area contributed by atoms with E-state index in [0.717, 1.165) is 74.9 Å². The number of aromatic nitrogens is 4. The third-order valence-electron chi connectivity index (χ3n) is 19.4. The molecule has 109 heavy (non-hydrogen) atoms. The van der Waals surface area contributed by atoms with E-state index in [9.17, 15) is 38.1 Å². The van der Waals surface area contributed by atoms with Gasteiger partial charge in [-0.1, -0.05) is 126 Å². The molecule has 12 rings (SSSR count). The van der Waals surface area contributed by atoms with Crippen LogP contribution in [0, 0.1) is 46.4 Å². The first-order valence-electron chi connectivity index (χ1n) is 35.5. The van der Waals surface area contributed by atoms with E-state index in [2.05, 4.69) is 101 Å². The number of para-hydroxylation sites is 1. The van der Waals surface area contributed by atoms with Crippen molar-refractivity contribution in [1.29, 1.82) is 0 Å². The highest BCUT2D eigenvalue weighted by molar-refractivity contribution is 7.93. The number of benzene rings is 6. The van der Waals surface area contributed by atoms with Gasteiger partial charge in [-0.15, -0.1) is 0 Å². The zero-order chi connectivity index (χ0) is 79.0. The van der Waals surface area contributed by atoms with Crippen LogP contribution >= 0.6 is 34.0 Å². The summed E-state index contributed by atoms with van der Waals surface area (Å²) in [5.41, 5.74) is 7.70. The van der Waals surface area contributed by atoms with Crippen molar-refractivity contribution >= 4 is 101 Å². The molecular weight excluding hydrogens is 1520 g/mol. The summed E-state index contributed by atoms with van der Waals surface area (Å²) in [5, 5.41) is 13.0. The SMILES string of the molecule is COc1ccc(-c2sc(NC(C)(C)C3CCCCC3)nc2C)cc1S(=O)(=O)Nc1c(C)cccc1F.COc1ccc(-c2sc(NC(C)(C)c3ccccc3)nc2C)cc1S(=O)(=O)NC1CCN(S(C)(=O)=O)CC1.COc1ccc(-c2sc(NC(C)(C)c3ccccc3)nc2C)cc1S(=O)(=O)Nc1ccncc1C. The van der Waals surface area contributed by atoms with Crippen LogP contribution in [-0.2, 0) is 51.2 Å². The summed E-state index contributed by atoms with van der Waals surface area (Å²) in [4.78, 5) is 20.8. The molecule has 0 spiro atoms. The van der Waals surface area contributed by atoms with Crippen LogP contribution in [0.4, 0.5) is 31.2 Å². The molecule has 0 amide bonds. The van der Waals surface area contributed by atoms with Gasteiger partial charge >= 0.3 is 0 Å². The van der Waals surface area contributed by atoms with Crippen LogP contribution < -0.4 is 44.3 Å². The van der Waals surface area contributed by atoms with E-state index in [-0.39, 0.29) is 73.4 Å². The molecule has 30 heteroatoms. The van der Waals surface area contributed by atoms with E-state index < -0.39 is 45.9 Å². The molecule has 6 N–H and O–H groups in total. The first-order chi connectivity index (χ1) is 51.4. The van der Waals surface area contributed by atoms with Crippen molar-refractivity contribution in [2.24, 2.45) is 5.92 Å². The molecule has 4 aromatic heterocycles. The summed E-state index contributed by atoms with van der Waals surface area (Å²) in [6, 6.07) is 41.2. The summed E-state index contributed by atoms with van der Waals surface area (Å²) < 4.78 is 143. The second-order valence-corrected chi connectivity index (χ2v) is 38.7. The minimum Gasteiger partial charge on any atom is -0.495 e. The van der Waals surface area contributed by atoms with Crippen LogP contribution in [0.25, 0.3) is 31.3 Å². The Balaban J connectivity index is 0.000000174. The number of anilines is 5. The maximum atomic E-state index is 14.4. The molecule has 5 heterocycles. The lowest BCUT2D eigenvalue weighted by Crippen LogP contribution is -2.46. The molecule has 1 saturated heterocycles. The molecule has 0 atom stereocenters. The zero-order valence-electron chi connectivity index (χ0n) is 63.9. The maximum absolute atomic E-state index is 14.4. The Bertz CT molecular complexity index is 5320. The molecule has 1 saturated carbocycles. The smallest absolute Gasteiger partial charge is 0.265 e. The number of pyridine rings is 1. The van der Waals surface area contributed by atoms with Crippen LogP contribution in [0.1, 0.15) is 126 Å². The van der Waals surface area contributed by atoms with Gasteiger partial charge in [-0.2, -0.15) is 0 Å². The molecule has 0 unspecified atom stereocenters. The number of piperidine rings is 1. The predicted octanol–water partition coefficient (Wildman–Crippen LogP) is 17.3. The molecule has 2 aliphatic rings. The average Bonchev–Trinajstić information content (AvgIpc) is 1.78. The fourth-order valence-corrected chi connectivity index (χ4v) is 21.6. The van der Waals surface area contributed by atoms with Crippen LogP contribution in [0.2, 0.25) is 0 Å². The first kappa shape index (κ1) is 82.9. The molecule has 0 radical (unpaired) electrons. The summed E-state index contributed by atoms with van der Waals surface area (Å²) in [5.74, 6) is 0.631. The van der Waals surface area contributed by atoms with Crippen molar-refractivity contribution in [3.63, 3.8) is 0 Å². The summed E-state index contributed by atoms with van der Waals surface area (Å²) >= 11 is 4.46. The van der Waals surface area contributed by atoms with Crippen LogP contribution in [0.3, 0.4) is 0 Å². The van der Waals surface area contributed by atoms with Gasteiger partial charge in [0, 0.05) is 37.1 Å². The van der Waals surface area contributed by atoms with Gasteiger partial charge in [0.1, 0.15) is 37.8 Å². The lowest BCUT2D eigenvalue weighted by Gasteiger charge is -2.37. The molecule has 6 aromatic carbocycles. The van der Waals surface area contributed by atoms with E-state index in [1.165, 1.54) is 110 Å². The summed E-state index contributed by atoms with van der Waals surface area (Å²) in [6.07, 6.45) is 11.4. The largest absolute Gasteiger partial charge is 0.495 e. The number of rotatable bonds is 25. The Hall–Kier alpha value is -8.59. The number of nitrogens with one attached hydrogen (secondary N) is 6. The Kier molecular flexibility index (Phi) is 26.1. The van der Waals surface area contributed by atoms with Crippen molar-refractivity contribution in [3.05, 3.63) is 197 Å². The van der Waals surface area contributed by atoms with Gasteiger partial charge in [0.25, 0.3) is 20.0 Å². The van der Waals surface area contributed by atoms with Gasteiger partial charge in [0.2, 0.25) is 20.0 Å². The fraction of sp³-hybridized carbons (Fsp3) is 0.367. The van der Waals surface area contributed by atoms with Crippen molar-refractivity contribution < 1.29 is 52.3 Å². The molecule has 22 nitrogen and oxygen atoms in total. The number of ether oxygens (including phenoxy) is 3. The number of sulfonamides is 4. The average molecular weight is 1620 g/mol. The topological polar surface area (TPSA) is 291 Å². The van der Waals surface area contributed by atoms with E-state index in [0.29, 0.717) is 35.6 Å². The highest BCUT2D eigenvalue weighted by Crippen LogP contribution is 2.44. The predicted molar refractivity (Wildman–Crippen MR) is 438 cm³/mol. The van der Waals surface area contributed by atoms with Crippen molar-refractivity contribution in [2.75, 3.05) is 66.1 Å². The fourth-order valence-electron chi connectivity index (χ4n) is 13.2. The Morgan fingerprint density at radius 3 is 1.32 bits per heavy atom. The number of hydrogen-bond donors (Lipinski definition) is 6. The van der Waals surface area contributed by atoms with E-state index in [1.54, 1.807) is 74.8 Å². The highest BCUT2D eigenvalue weighted by Gasteiger charge is 2.35. The van der Waals surface area contributed by atoms with E-state index in [4.69, 9.17) is 29.2 Å². The molecule has 0 bridgehead atoms. The third kappa shape index (κ3) is 20.3. The molecule has 2 fully saturated rings. The lowest BCUT2D eigenvalue weighted by molar-refractivity contribution is 0.258. The van der Waals surface area contributed by atoms with Crippen LogP contribution in [0.5, 0.6) is 17.2 Å².